The van der Waals surface area contributed by atoms with Crippen LogP contribution >= 0.6 is 12.4 Å². The number of likely N-dealkylation sites (tertiary alicyclic amines) is 1. The lowest BCUT2D eigenvalue weighted by atomic mass is 10.1. The van der Waals surface area contributed by atoms with E-state index in [1.807, 2.05) is 18.0 Å². The highest BCUT2D eigenvalue weighted by molar-refractivity contribution is 5.92. The molecule has 0 spiro atoms. The van der Waals surface area contributed by atoms with Crippen LogP contribution in [0.5, 0.6) is 0 Å². The van der Waals surface area contributed by atoms with E-state index in [1.54, 1.807) is 4.68 Å². The molecule has 2 N–H and O–H groups in total. The van der Waals surface area contributed by atoms with E-state index in [9.17, 15) is 4.79 Å². The molecule has 0 saturated carbocycles. The number of carbonyl (C=O) groups excluding carboxylic acids is 1. The smallest absolute Gasteiger partial charge is 0.272 e. The normalized spacial score (nSPS) is 18.4. The van der Waals surface area contributed by atoms with Gasteiger partial charge in [-0.25, -0.2) is 0 Å². The Bertz CT molecular complexity index is 458. The maximum Gasteiger partial charge on any atom is 0.272 e. The lowest BCUT2D eigenvalue weighted by Crippen LogP contribution is -2.31. The molecule has 1 aliphatic heterocycles. The fourth-order valence-corrected chi connectivity index (χ4v) is 2.62. The quantitative estimate of drug-likeness (QED) is 0.915. The number of aromatic nitrogens is 2. The molecule has 2 heterocycles. The maximum atomic E-state index is 12.5. The highest BCUT2D eigenvalue weighted by Gasteiger charge is 2.27. The first-order chi connectivity index (χ1) is 9.01. The first kappa shape index (κ1) is 17.0. The van der Waals surface area contributed by atoms with Gasteiger partial charge in [0.1, 0.15) is 5.69 Å². The van der Waals surface area contributed by atoms with Crippen LogP contribution in [0.1, 0.15) is 36.5 Å². The molecule has 1 amide bonds. The number of carbonyl (C=O) groups is 1. The molecule has 1 atom stereocenters. The van der Waals surface area contributed by atoms with Gasteiger partial charge in [-0.2, -0.15) is 5.10 Å². The van der Waals surface area contributed by atoms with Crippen molar-refractivity contribution in [2.45, 2.75) is 26.7 Å². The average Bonchev–Trinajstić information content (AvgIpc) is 2.94. The van der Waals surface area contributed by atoms with Crippen molar-refractivity contribution in [3.63, 3.8) is 0 Å². The fourth-order valence-electron chi connectivity index (χ4n) is 2.62. The van der Waals surface area contributed by atoms with Crippen molar-refractivity contribution >= 4 is 18.3 Å². The number of rotatable bonds is 4. The average molecular weight is 301 g/mol. The summed E-state index contributed by atoms with van der Waals surface area (Å²) in [7, 11) is 1.84. The maximum absolute atomic E-state index is 12.5. The first-order valence-electron chi connectivity index (χ1n) is 7.03. The second-order valence-corrected chi connectivity index (χ2v) is 5.88. The van der Waals surface area contributed by atoms with Gasteiger partial charge < -0.3 is 10.6 Å². The van der Waals surface area contributed by atoms with Crippen LogP contribution in [0.3, 0.4) is 0 Å². The Morgan fingerprint density at radius 1 is 1.55 bits per heavy atom. The summed E-state index contributed by atoms with van der Waals surface area (Å²) in [6.45, 7) is 6.56. The minimum absolute atomic E-state index is 0. The van der Waals surface area contributed by atoms with Crippen molar-refractivity contribution in [3.05, 3.63) is 17.5 Å². The number of hydrogen-bond acceptors (Lipinski definition) is 3. The molecular weight excluding hydrogens is 276 g/mol. The molecule has 1 aromatic heterocycles. The molecule has 1 saturated heterocycles. The molecule has 1 unspecified atom stereocenters. The van der Waals surface area contributed by atoms with E-state index in [0.29, 0.717) is 24.1 Å². The van der Waals surface area contributed by atoms with Crippen molar-refractivity contribution in [3.8, 4) is 0 Å². The van der Waals surface area contributed by atoms with E-state index in [4.69, 9.17) is 5.73 Å². The molecule has 2 rings (SSSR count). The van der Waals surface area contributed by atoms with Crippen molar-refractivity contribution in [2.75, 3.05) is 19.6 Å². The van der Waals surface area contributed by atoms with Gasteiger partial charge in [0.05, 0.1) is 5.69 Å². The summed E-state index contributed by atoms with van der Waals surface area (Å²) in [5.74, 6) is 1.08. The molecule has 1 fully saturated rings. The molecular formula is C14H25ClN4O. The highest BCUT2D eigenvalue weighted by atomic mass is 35.5. The summed E-state index contributed by atoms with van der Waals surface area (Å²) in [6.07, 6.45) is 1.92. The van der Waals surface area contributed by atoms with Crippen LogP contribution in [0.2, 0.25) is 0 Å². The Hall–Kier alpha value is -1.07. The topological polar surface area (TPSA) is 64.2 Å². The number of nitrogens with zero attached hydrogens (tertiary/aromatic N) is 3. The van der Waals surface area contributed by atoms with Gasteiger partial charge in [-0.15, -0.1) is 12.4 Å². The predicted octanol–water partition coefficient (Wildman–Crippen LogP) is 1.46. The SMILES string of the molecule is CC(C)Cc1cc(C(=O)N2CCC(CN)C2)n(C)n1.Cl. The van der Waals surface area contributed by atoms with Crippen LogP contribution < -0.4 is 5.73 Å². The predicted molar refractivity (Wildman–Crippen MR) is 82.1 cm³/mol. The van der Waals surface area contributed by atoms with Gasteiger partial charge in [-0.05, 0) is 37.3 Å². The van der Waals surface area contributed by atoms with Crippen LogP contribution in [0.4, 0.5) is 0 Å². The molecule has 0 aliphatic carbocycles. The minimum atomic E-state index is 0. The Morgan fingerprint density at radius 3 is 2.80 bits per heavy atom. The van der Waals surface area contributed by atoms with Crippen LogP contribution in [0.15, 0.2) is 6.07 Å². The zero-order valence-corrected chi connectivity index (χ0v) is 13.3. The van der Waals surface area contributed by atoms with Crippen molar-refractivity contribution in [2.24, 2.45) is 24.6 Å². The van der Waals surface area contributed by atoms with Crippen LogP contribution in [-0.2, 0) is 13.5 Å². The number of nitrogens with two attached hydrogens (primary N) is 1. The molecule has 1 aromatic rings. The van der Waals surface area contributed by atoms with Crippen LogP contribution in [0, 0.1) is 11.8 Å². The fraction of sp³-hybridized carbons (Fsp3) is 0.714. The number of amides is 1. The lowest BCUT2D eigenvalue weighted by Gasteiger charge is -2.15. The number of aryl methyl sites for hydroxylation is 1. The van der Waals surface area contributed by atoms with Crippen LogP contribution in [-0.4, -0.2) is 40.2 Å². The zero-order valence-electron chi connectivity index (χ0n) is 12.5. The standard InChI is InChI=1S/C14H24N4O.ClH/c1-10(2)6-12-7-13(17(3)16-12)14(19)18-5-4-11(8-15)9-18;/h7,10-11H,4-6,8-9,15H2,1-3H3;1H. The first-order valence-corrected chi connectivity index (χ1v) is 7.03. The molecule has 6 heteroatoms. The van der Waals surface area contributed by atoms with Crippen LogP contribution in [0.25, 0.3) is 0 Å². The second kappa shape index (κ2) is 7.09. The summed E-state index contributed by atoms with van der Waals surface area (Å²) >= 11 is 0. The monoisotopic (exact) mass is 300 g/mol. The van der Waals surface area contributed by atoms with Gasteiger partial charge in [0.25, 0.3) is 5.91 Å². The lowest BCUT2D eigenvalue weighted by molar-refractivity contribution is 0.0776. The van der Waals surface area contributed by atoms with Crippen molar-refractivity contribution in [1.82, 2.24) is 14.7 Å². The third-order valence-electron chi connectivity index (χ3n) is 3.67. The highest BCUT2D eigenvalue weighted by Crippen LogP contribution is 2.18. The molecule has 20 heavy (non-hydrogen) atoms. The molecule has 5 nitrogen and oxygen atoms in total. The number of halogens is 1. The Kier molecular flexibility index (Phi) is 6.02. The van der Waals surface area contributed by atoms with E-state index in [-0.39, 0.29) is 18.3 Å². The molecule has 114 valence electrons. The Balaban J connectivity index is 0.00000200. The molecule has 0 radical (unpaired) electrons. The second-order valence-electron chi connectivity index (χ2n) is 5.88. The van der Waals surface area contributed by atoms with E-state index < -0.39 is 0 Å². The third kappa shape index (κ3) is 3.73. The third-order valence-corrected chi connectivity index (χ3v) is 3.67. The van der Waals surface area contributed by atoms with Gasteiger partial charge in [-0.3, -0.25) is 9.48 Å². The van der Waals surface area contributed by atoms with Gasteiger partial charge >= 0.3 is 0 Å². The van der Waals surface area contributed by atoms with Crippen molar-refractivity contribution < 1.29 is 4.79 Å². The van der Waals surface area contributed by atoms with E-state index in [1.165, 1.54) is 0 Å². The summed E-state index contributed by atoms with van der Waals surface area (Å²) in [4.78, 5) is 14.3. The Labute approximate surface area is 126 Å². The van der Waals surface area contributed by atoms with E-state index in [0.717, 1.165) is 31.6 Å². The van der Waals surface area contributed by atoms with Gasteiger partial charge in [0.2, 0.25) is 0 Å². The number of hydrogen-bond donors (Lipinski definition) is 1. The largest absolute Gasteiger partial charge is 0.337 e. The molecule has 0 bridgehead atoms. The molecule has 1 aliphatic rings. The zero-order chi connectivity index (χ0) is 14.0. The summed E-state index contributed by atoms with van der Waals surface area (Å²) in [6, 6.07) is 1.93. The van der Waals surface area contributed by atoms with Crippen molar-refractivity contribution in [1.29, 1.82) is 0 Å². The summed E-state index contributed by atoms with van der Waals surface area (Å²) < 4.78 is 1.70. The van der Waals surface area contributed by atoms with Gasteiger partial charge in [0, 0.05) is 20.1 Å². The Morgan fingerprint density at radius 2 is 2.25 bits per heavy atom. The molecule has 0 aromatic carbocycles. The minimum Gasteiger partial charge on any atom is -0.337 e. The van der Waals surface area contributed by atoms with E-state index in [2.05, 4.69) is 18.9 Å². The van der Waals surface area contributed by atoms with E-state index >= 15 is 0 Å². The van der Waals surface area contributed by atoms with Gasteiger partial charge in [-0.1, -0.05) is 13.8 Å². The summed E-state index contributed by atoms with van der Waals surface area (Å²) in [5.41, 5.74) is 7.35. The van der Waals surface area contributed by atoms with Gasteiger partial charge in [0.15, 0.2) is 0 Å². The summed E-state index contributed by atoms with van der Waals surface area (Å²) in [5, 5.41) is 4.43.